The first-order valence-electron chi connectivity index (χ1n) is 11.0. The molecule has 1 fully saturated rings. The molecule has 2 heterocycles. The summed E-state index contributed by atoms with van der Waals surface area (Å²) < 4.78 is 58.7. The van der Waals surface area contributed by atoms with Crippen molar-refractivity contribution in [3.05, 3.63) is 64.6 Å². The molecule has 4 rings (SSSR count). The van der Waals surface area contributed by atoms with E-state index in [2.05, 4.69) is 10.4 Å². The highest BCUT2D eigenvalue weighted by molar-refractivity contribution is 5.99. The fourth-order valence-electron chi connectivity index (χ4n) is 4.10. The van der Waals surface area contributed by atoms with Crippen molar-refractivity contribution in [1.82, 2.24) is 20.0 Å². The molecule has 186 valence electrons. The van der Waals surface area contributed by atoms with Crippen LogP contribution in [0.3, 0.4) is 0 Å². The molecule has 0 atom stereocenters. The van der Waals surface area contributed by atoms with E-state index >= 15 is 0 Å². The van der Waals surface area contributed by atoms with E-state index in [0.29, 0.717) is 50.5 Å². The average molecular weight is 492 g/mol. The van der Waals surface area contributed by atoms with Gasteiger partial charge in [-0.3, -0.25) is 14.3 Å². The third kappa shape index (κ3) is 5.29. The van der Waals surface area contributed by atoms with Crippen LogP contribution in [0.15, 0.2) is 36.5 Å². The second kappa shape index (κ2) is 9.65. The number of aromatic nitrogens is 2. The van der Waals surface area contributed by atoms with E-state index in [1.807, 2.05) is 19.2 Å². The number of carbonyl (C=O) groups is 2. The van der Waals surface area contributed by atoms with E-state index in [1.54, 1.807) is 17.9 Å². The van der Waals surface area contributed by atoms with Gasteiger partial charge in [0.1, 0.15) is 5.82 Å². The number of nitrogens with zero attached hydrogens (tertiary/aromatic N) is 3. The highest BCUT2D eigenvalue weighted by Gasteiger charge is 2.36. The summed E-state index contributed by atoms with van der Waals surface area (Å²) in [7, 11) is 1.56. The van der Waals surface area contributed by atoms with Crippen molar-refractivity contribution in [2.75, 3.05) is 33.4 Å². The number of amides is 2. The Balaban J connectivity index is 1.37. The Morgan fingerprint density at radius 1 is 1.20 bits per heavy atom. The lowest BCUT2D eigenvalue weighted by Crippen LogP contribution is -2.51. The number of nitrogens with one attached hydrogen (secondary N) is 1. The van der Waals surface area contributed by atoms with Gasteiger partial charge in [0.15, 0.2) is 0 Å². The smallest absolute Gasteiger partial charge is 0.383 e. The molecule has 1 N–H and O–H groups in total. The summed E-state index contributed by atoms with van der Waals surface area (Å²) in [6.45, 7) is 3.94. The Kier molecular flexibility index (Phi) is 6.79. The van der Waals surface area contributed by atoms with Crippen LogP contribution < -0.4 is 5.32 Å². The summed E-state index contributed by atoms with van der Waals surface area (Å²) in [6.07, 6.45) is -2.98. The minimum atomic E-state index is -4.81. The van der Waals surface area contributed by atoms with Gasteiger partial charge in [-0.1, -0.05) is 0 Å². The zero-order chi connectivity index (χ0) is 25.3. The van der Waals surface area contributed by atoms with Gasteiger partial charge in [-0.05, 0) is 42.8 Å². The molecule has 7 nitrogen and oxygen atoms in total. The monoisotopic (exact) mass is 492 g/mol. The lowest BCUT2D eigenvalue weighted by Gasteiger charge is -2.39. The molecule has 0 bridgehead atoms. The van der Waals surface area contributed by atoms with Crippen LogP contribution in [-0.4, -0.2) is 59.8 Å². The molecule has 2 aromatic carbocycles. The largest absolute Gasteiger partial charge is 0.419 e. The van der Waals surface area contributed by atoms with E-state index < -0.39 is 23.5 Å². The number of carbonyl (C=O) groups excluding carboxylic acids is 2. The lowest BCUT2D eigenvalue weighted by molar-refractivity contribution is -0.140. The van der Waals surface area contributed by atoms with Crippen molar-refractivity contribution >= 4 is 22.7 Å². The summed E-state index contributed by atoms with van der Waals surface area (Å²) >= 11 is 0. The van der Waals surface area contributed by atoms with E-state index in [9.17, 15) is 27.2 Å². The van der Waals surface area contributed by atoms with E-state index in [-0.39, 0.29) is 17.4 Å². The van der Waals surface area contributed by atoms with Gasteiger partial charge < -0.3 is 15.0 Å². The molecule has 0 radical (unpaired) electrons. The van der Waals surface area contributed by atoms with Crippen molar-refractivity contribution in [1.29, 1.82) is 0 Å². The molecule has 0 unspecified atom stereocenters. The van der Waals surface area contributed by atoms with Crippen LogP contribution in [0.4, 0.5) is 17.6 Å². The van der Waals surface area contributed by atoms with Crippen LogP contribution in [0.1, 0.15) is 31.8 Å². The molecule has 1 aliphatic rings. The molecule has 1 aliphatic heterocycles. The quantitative estimate of drug-likeness (QED) is 0.404. The summed E-state index contributed by atoms with van der Waals surface area (Å²) in [5.74, 6) is -2.09. The fourth-order valence-corrected chi connectivity index (χ4v) is 4.10. The summed E-state index contributed by atoms with van der Waals surface area (Å²) in [4.78, 5) is 26.4. The molecule has 3 aromatic rings. The Bertz CT molecular complexity index is 1270. The normalized spacial score (nSPS) is 14.3. The standard InChI is InChI=1S/C24H24F4N4O3/c1-14-7-21-17(8-18(14)22(33)29-5-6-35-2)13-32(30-21)12-15-10-31(11-15)23(34)16-3-4-19(20(25)9-16)24(26,27)28/h3-4,7-9,13,15H,5-6,10-12H2,1-2H3,(H,29,33). The number of fused-ring (bicyclic) bond motifs is 1. The van der Waals surface area contributed by atoms with Gasteiger partial charge >= 0.3 is 6.18 Å². The van der Waals surface area contributed by atoms with Crippen LogP contribution >= 0.6 is 0 Å². The van der Waals surface area contributed by atoms with Gasteiger partial charge in [0.05, 0.1) is 17.7 Å². The maximum Gasteiger partial charge on any atom is 0.419 e. The number of hydrogen-bond acceptors (Lipinski definition) is 4. The molecule has 35 heavy (non-hydrogen) atoms. The van der Waals surface area contributed by atoms with Crippen molar-refractivity contribution in [2.24, 2.45) is 5.92 Å². The molecule has 0 saturated carbocycles. The number of hydrogen-bond donors (Lipinski definition) is 1. The number of alkyl halides is 3. The van der Waals surface area contributed by atoms with E-state index in [4.69, 9.17) is 4.74 Å². The van der Waals surface area contributed by atoms with Crippen LogP contribution in [0.25, 0.3) is 10.9 Å². The third-order valence-electron chi connectivity index (χ3n) is 5.95. The fraction of sp³-hybridized carbons (Fsp3) is 0.375. The summed E-state index contributed by atoms with van der Waals surface area (Å²) in [5, 5.41) is 8.15. The number of halogens is 4. The molecule has 0 aliphatic carbocycles. The second-order valence-corrected chi connectivity index (χ2v) is 8.59. The first-order chi connectivity index (χ1) is 16.6. The van der Waals surface area contributed by atoms with Gasteiger partial charge in [-0.25, -0.2) is 4.39 Å². The van der Waals surface area contributed by atoms with Crippen molar-refractivity contribution < 1.29 is 31.9 Å². The predicted molar refractivity (Wildman–Crippen MR) is 119 cm³/mol. The maximum absolute atomic E-state index is 13.8. The maximum atomic E-state index is 13.8. The second-order valence-electron chi connectivity index (χ2n) is 8.59. The molecule has 1 saturated heterocycles. The van der Waals surface area contributed by atoms with E-state index in [1.165, 1.54) is 4.90 Å². The Hall–Kier alpha value is -3.47. The Morgan fingerprint density at radius 3 is 2.60 bits per heavy atom. The molecule has 1 aromatic heterocycles. The van der Waals surface area contributed by atoms with Crippen LogP contribution in [0, 0.1) is 18.7 Å². The topological polar surface area (TPSA) is 76.5 Å². The first-order valence-corrected chi connectivity index (χ1v) is 11.0. The summed E-state index contributed by atoms with van der Waals surface area (Å²) in [5.41, 5.74) is 0.570. The van der Waals surface area contributed by atoms with Crippen molar-refractivity contribution in [3.63, 3.8) is 0 Å². The van der Waals surface area contributed by atoms with Gasteiger partial charge in [-0.2, -0.15) is 18.3 Å². The number of likely N-dealkylation sites (tertiary alicyclic amines) is 1. The van der Waals surface area contributed by atoms with Crippen LogP contribution in [-0.2, 0) is 17.5 Å². The van der Waals surface area contributed by atoms with Crippen LogP contribution in [0.2, 0.25) is 0 Å². The van der Waals surface area contributed by atoms with Crippen LogP contribution in [0.5, 0.6) is 0 Å². The number of methoxy groups -OCH3 is 1. The third-order valence-corrected chi connectivity index (χ3v) is 5.95. The lowest BCUT2D eigenvalue weighted by atomic mass is 9.98. The minimum Gasteiger partial charge on any atom is -0.383 e. The van der Waals surface area contributed by atoms with Gasteiger partial charge in [-0.15, -0.1) is 0 Å². The number of aryl methyl sites for hydroxylation is 1. The molecular weight excluding hydrogens is 468 g/mol. The predicted octanol–water partition coefficient (Wildman–Crippen LogP) is 3.65. The number of benzene rings is 2. The van der Waals surface area contributed by atoms with Crippen molar-refractivity contribution in [2.45, 2.75) is 19.6 Å². The molecule has 0 spiro atoms. The Labute approximate surface area is 198 Å². The number of ether oxygens (including phenoxy) is 1. The summed E-state index contributed by atoms with van der Waals surface area (Å²) in [6, 6.07) is 5.83. The molecular formula is C24H24F4N4O3. The van der Waals surface area contributed by atoms with Crippen molar-refractivity contribution in [3.8, 4) is 0 Å². The Morgan fingerprint density at radius 2 is 1.94 bits per heavy atom. The molecule has 11 heteroatoms. The van der Waals surface area contributed by atoms with Gasteiger partial charge in [0.2, 0.25) is 0 Å². The highest BCUT2D eigenvalue weighted by Crippen LogP contribution is 2.32. The first kappa shape index (κ1) is 24.6. The molecule has 2 amide bonds. The number of rotatable bonds is 7. The average Bonchev–Trinajstić information content (AvgIpc) is 3.15. The highest BCUT2D eigenvalue weighted by atomic mass is 19.4. The van der Waals surface area contributed by atoms with Gasteiger partial charge in [0.25, 0.3) is 11.8 Å². The van der Waals surface area contributed by atoms with Gasteiger partial charge in [0, 0.05) is 61.9 Å². The SMILES string of the molecule is COCCNC(=O)c1cc2cn(CC3CN(C(=O)c4ccc(C(F)(F)F)c(F)c4)C3)nc2cc1C. The van der Waals surface area contributed by atoms with E-state index in [0.717, 1.165) is 22.5 Å². The minimum absolute atomic E-state index is 0.0884. The zero-order valence-corrected chi connectivity index (χ0v) is 19.2. The zero-order valence-electron chi connectivity index (χ0n) is 19.2.